The Hall–Kier alpha value is -1.57. The molecule has 0 unspecified atom stereocenters. The van der Waals surface area contributed by atoms with E-state index in [1.165, 1.54) is 6.07 Å². The quantitative estimate of drug-likeness (QED) is 0.400. The smallest absolute Gasteiger partial charge is 0.0747 e. The summed E-state index contributed by atoms with van der Waals surface area (Å²) in [6.07, 6.45) is -0.514. The van der Waals surface area contributed by atoms with Crippen molar-refractivity contribution in [3.05, 3.63) is 0 Å². The molecule has 56 valence electrons. The summed E-state index contributed by atoms with van der Waals surface area (Å²) >= 11 is 0. The first-order valence-corrected chi connectivity index (χ1v) is 2.25. The molecule has 0 heterocycles. The van der Waals surface area contributed by atoms with Gasteiger partial charge in [-0.05, 0) is 6.92 Å². The molecule has 5 nitrogen and oxygen atoms in total. The first-order valence-electron chi connectivity index (χ1n) is 2.25. The maximum atomic E-state index is 9.27. The van der Waals surface area contributed by atoms with Gasteiger partial charge in [-0.2, -0.15) is 5.26 Å². The van der Waals surface area contributed by atoms with Gasteiger partial charge in [0.1, 0.15) is 0 Å². The van der Waals surface area contributed by atoms with Crippen molar-refractivity contribution in [2.45, 2.75) is 13.3 Å². The summed E-state index contributed by atoms with van der Waals surface area (Å²) in [6.45, 7) is 0.972. The van der Waals surface area contributed by atoms with Crippen molar-refractivity contribution >= 4 is 11.9 Å². The topological polar surface area (TPSA) is 104 Å². The summed E-state index contributed by atoms with van der Waals surface area (Å²) in [5.41, 5.74) is 0. The van der Waals surface area contributed by atoms with Crippen molar-refractivity contribution in [3.63, 3.8) is 0 Å². The normalized spacial score (nSPS) is 6.40. The minimum absolute atomic E-state index is 0.514. The lowest BCUT2D eigenvalue weighted by molar-refractivity contribution is -0.304. The lowest BCUT2D eigenvalue weighted by Gasteiger charge is -1.85. The van der Waals surface area contributed by atoms with Crippen LogP contribution in [-0.2, 0) is 9.59 Å². The predicted molar refractivity (Wildman–Crippen MR) is 25.9 cm³/mol. The largest absolute Gasteiger partial charge is 0.550 e. The number of nitrogens with zero attached hydrogens (tertiary/aromatic N) is 1. The number of carbonyl (C=O) groups is 2. The Morgan fingerprint density at radius 3 is 1.80 bits per heavy atom. The van der Waals surface area contributed by atoms with Crippen molar-refractivity contribution in [2.24, 2.45) is 0 Å². The summed E-state index contributed by atoms with van der Waals surface area (Å²) in [5.74, 6) is -2.41. The number of carboxylic acids is 2. The second-order valence-corrected chi connectivity index (χ2v) is 1.20. The fourth-order valence-corrected chi connectivity index (χ4v) is 0.0645. The van der Waals surface area contributed by atoms with Gasteiger partial charge in [0.2, 0.25) is 0 Å². The average molecular weight is 143 g/mol. The van der Waals surface area contributed by atoms with Gasteiger partial charge in [0.25, 0.3) is 0 Å². The molecule has 0 fully saturated rings. The summed E-state index contributed by atoms with van der Waals surface area (Å²) in [4.78, 5) is 18.2. The lowest BCUT2D eigenvalue weighted by Crippen LogP contribution is -2.20. The Morgan fingerprint density at radius 2 is 1.80 bits per heavy atom. The number of aliphatic carboxylic acids is 2. The Labute approximate surface area is 57.5 Å². The molecule has 0 aliphatic heterocycles. The number of nitriles is 1. The molecular weight excluding hydrogens is 138 g/mol. The maximum absolute atomic E-state index is 9.27. The monoisotopic (exact) mass is 143 g/mol. The number of rotatable bonds is 1. The van der Waals surface area contributed by atoms with E-state index in [0.717, 1.165) is 6.92 Å². The maximum Gasteiger partial charge on any atom is 0.0747 e. The van der Waals surface area contributed by atoms with Crippen molar-refractivity contribution < 1.29 is 19.8 Å². The zero-order valence-electron chi connectivity index (χ0n) is 5.29. The molecule has 0 radical (unpaired) electrons. The summed E-state index contributed by atoms with van der Waals surface area (Å²) in [5, 5.41) is 25.7. The van der Waals surface area contributed by atoms with E-state index >= 15 is 0 Å². The highest BCUT2D eigenvalue weighted by Gasteiger charge is 1.73. The Morgan fingerprint density at radius 1 is 1.50 bits per heavy atom. The molecule has 0 atom stereocenters. The first kappa shape index (κ1) is 11.3. The van der Waals surface area contributed by atoms with Crippen LogP contribution in [-0.4, -0.2) is 11.9 Å². The molecule has 0 saturated heterocycles. The van der Waals surface area contributed by atoms with E-state index in [-0.39, 0.29) is 0 Å². The Kier molecular flexibility index (Phi) is 8.36. The third-order valence-corrected chi connectivity index (χ3v) is 0.223. The molecule has 0 saturated carbocycles. The van der Waals surface area contributed by atoms with E-state index in [1.54, 1.807) is 0 Å². The third-order valence-electron chi connectivity index (χ3n) is 0.223. The fourth-order valence-electron chi connectivity index (χ4n) is 0.0645. The highest BCUT2D eigenvalue weighted by molar-refractivity contribution is 5.66. The molecule has 0 bridgehead atoms. The first-order chi connectivity index (χ1) is 4.50. The van der Waals surface area contributed by atoms with Gasteiger partial charge in [0.15, 0.2) is 0 Å². The van der Waals surface area contributed by atoms with Crippen molar-refractivity contribution in [1.29, 1.82) is 5.26 Å². The molecule has 0 rings (SSSR count). The molecule has 0 aromatic heterocycles. The molecule has 0 aromatic rings. The van der Waals surface area contributed by atoms with Gasteiger partial charge in [0.05, 0.1) is 18.5 Å². The summed E-state index contributed by atoms with van der Waals surface area (Å²) < 4.78 is 0. The van der Waals surface area contributed by atoms with Crippen LogP contribution in [0.5, 0.6) is 0 Å². The lowest BCUT2D eigenvalue weighted by atomic mass is 10.5. The van der Waals surface area contributed by atoms with Crippen LogP contribution >= 0.6 is 0 Å². The number of hydrogen-bond acceptors (Lipinski definition) is 5. The summed E-state index contributed by atoms with van der Waals surface area (Å²) in [7, 11) is 0. The third kappa shape index (κ3) is 92.7. The van der Waals surface area contributed by atoms with Crippen LogP contribution in [0.1, 0.15) is 13.3 Å². The van der Waals surface area contributed by atoms with Crippen LogP contribution in [0, 0.1) is 11.3 Å². The second kappa shape index (κ2) is 7.43. The Bertz CT molecular complexity index is 154. The summed E-state index contributed by atoms with van der Waals surface area (Å²) in [6, 6.07) is 1.41. The van der Waals surface area contributed by atoms with Gasteiger partial charge >= 0.3 is 0 Å². The molecule has 0 aliphatic rings. The average Bonchev–Trinajstić information content (AvgIpc) is 1.62. The van der Waals surface area contributed by atoms with Crippen molar-refractivity contribution in [2.75, 3.05) is 0 Å². The molecule has 0 amide bonds. The second-order valence-electron chi connectivity index (χ2n) is 1.20. The van der Waals surface area contributed by atoms with E-state index in [2.05, 4.69) is 0 Å². The molecule has 10 heavy (non-hydrogen) atoms. The molecule has 0 spiro atoms. The van der Waals surface area contributed by atoms with Gasteiger partial charge in [-0.3, -0.25) is 0 Å². The van der Waals surface area contributed by atoms with Gasteiger partial charge in [-0.25, -0.2) is 0 Å². The van der Waals surface area contributed by atoms with E-state index in [9.17, 15) is 9.90 Å². The van der Waals surface area contributed by atoms with E-state index < -0.39 is 18.4 Å². The zero-order valence-corrected chi connectivity index (χ0v) is 5.29. The molecule has 0 aliphatic carbocycles. The van der Waals surface area contributed by atoms with Gasteiger partial charge in [-0.1, -0.05) is 0 Å². The zero-order chi connectivity index (χ0) is 8.57. The molecule has 5 heteroatoms. The molecule has 0 N–H and O–H groups in total. The van der Waals surface area contributed by atoms with Crippen LogP contribution in [0.3, 0.4) is 0 Å². The fraction of sp³-hybridized carbons (Fsp3) is 0.400. The van der Waals surface area contributed by atoms with Crippen LogP contribution in [0.4, 0.5) is 0 Å². The van der Waals surface area contributed by atoms with Gasteiger partial charge in [0, 0.05) is 5.97 Å². The van der Waals surface area contributed by atoms with E-state index in [0.29, 0.717) is 0 Å². The van der Waals surface area contributed by atoms with E-state index in [1.807, 2.05) is 0 Å². The van der Waals surface area contributed by atoms with Crippen molar-refractivity contribution in [1.82, 2.24) is 0 Å². The minimum Gasteiger partial charge on any atom is -0.550 e. The molecular formula is C5H5NO4-2. The molecule has 0 aromatic carbocycles. The van der Waals surface area contributed by atoms with Gasteiger partial charge in [-0.15, -0.1) is 0 Å². The number of carboxylic acid groups (broad SMARTS) is 2. The number of carbonyl (C=O) groups excluding carboxylic acids is 2. The minimum atomic E-state index is -1.32. The van der Waals surface area contributed by atoms with E-state index in [4.69, 9.17) is 15.2 Å². The predicted octanol–water partition coefficient (Wildman–Crippen LogP) is -2.59. The Balaban J connectivity index is 0. The van der Waals surface area contributed by atoms with Gasteiger partial charge < -0.3 is 19.8 Å². The van der Waals surface area contributed by atoms with Crippen molar-refractivity contribution in [3.8, 4) is 6.07 Å². The highest BCUT2D eigenvalue weighted by atomic mass is 16.4. The van der Waals surface area contributed by atoms with Crippen LogP contribution in [0.15, 0.2) is 0 Å². The highest BCUT2D eigenvalue weighted by Crippen LogP contribution is 1.63. The van der Waals surface area contributed by atoms with Crippen LogP contribution in [0.25, 0.3) is 0 Å². The standard InChI is InChI=1S/C3H3NO2.C2H4O2/c4-2-1-3(5)6;1-2(3)4/h1H2,(H,5,6);1H3,(H,3,4)/p-2. The van der Waals surface area contributed by atoms with Crippen LogP contribution in [0.2, 0.25) is 0 Å². The number of hydrogen-bond donors (Lipinski definition) is 0. The SMILES string of the molecule is CC(=O)[O-].N#CCC(=O)[O-]. The van der Waals surface area contributed by atoms with Crippen LogP contribution < -0.4 is 10.2 Å².